The van der Waals surface area contributed by atoms with E-state index in [0.29, 0.717) is 13.0 Å². The number of benzene rings is 2. The van der Waals surface area contributed by atoms with E-state index in [2.05, 4.69) is 0 Å². The maximum Gasteiger partial charge on any atom is 0.335 e. The van der Waals surface area contributed by atoms with Gasteiger partial charge in [-0.15, -0.1) is 0 Å². The lowest BCUT2D eigenvalue weighted by Crippen LogP contribution is -2.35. The van der Waals surface area contributed by atoms with Crippen LogP contribution in [0.1, 0.15) is 39.1 Å². The van der Waals surface area contributed by atoms with Gasteiger partial charge in [-0.1, -0.05) is 12.1 Å². The molecule has 2 aromatic rings. The number of carbonyl (C=O) groups is 2. The Morgan fingerprint density at radius 3 is 2.48 bits per heavy atom. The molecular formula is C19H17F2NO3. The monoisotopic (exact) mass is 345 g/mol. The van der Waals surface area contributed by atoms with Crippen LogP contribution in [-0.4, -0.2) is 34.5 Å². The van der Waals surface area contributed by atoms with Crippen molar-refractivity contribution in [1.29, 1.82) is 0 Å². The molecule has 0 aromatic heterocycles. The highest BCUT2D eigenvalue weighted by molar-refractivity contribution is 5.96. The number of carbonyl (C=O) groups excluding carboxylic acids is 1. The van der Waals surface area contributed by atoms with Crippen LogP contribution in [-0.2, 0) is 6.42 Å². The van der Waals surface area contributed by atoms with Gasteiger partial charge in [-0.2, -0.15) is 0 Å². The molecule has 0 aliphatic heterocycles. The fourth-order valence-electron chi connectivity index (χ4n) is 2.75. The molecule has 0 bridgehead atoms. The van der Waals surface area contributed by atoms with E-state index in [1.54, 1.807) is 17.0 Å². The molecule has 3 rings (SSSR count). The second-order valence-corrected chi connectivity index (χ2v) is 6.11. The summed E-state index contributed by atoms with van der Waals surface area (Å²) in [5.41, 5.74) is 0.420. The Bertz CT molecular complexity index is 818. The van der Waals surface area contributed by atoms with Crippen molar-refractivity contribution in [2.24, 2.45) is 0 Å². The summed E-state index contributed by atoms with van der Waals surface area (Å²) in [6.07, 6.45) is 2.17. The van der Waals surface area contributed by atoms with Crippen molar-refractivity contribution in [2.75, 3.05) is 6.54 Å². The van der Waals surface area contributed by atoms with Crippen molar-refractivity contribution >= 4 is 11.9 Å². The lowest BCUT2D eigenvalue weighted by molar-refractivity contribution is 0.0691. The van der Waals surface area contributed by atoms with Gasteiger partial charge in [-0.3, -0.25) is 4.79 Å². The smallest absolute Gasteiger partial charge is 0.335 e. The van der Waals surface area contributed by atoms with Gasteiger partial charge in [-0.05, 0) is 55.2 Å². The van der Waals surface area contributed by atoms with E-state index in [-0.39, 0.29) is 23.0 Å². The van der Waals surface area contributed by atoms with Crippen molar-refractivity contribution in [2.45, 2.75) is 25.3 Å². The number of aromatic carboxylic acids is 1. The molecule has 0 radical (unpaired) electrons. The first-order valence-electron chi connectivity index (χ1n) is 8.04. The predicted molar refractivity (Wildman–Crippen MR) is 87.5 cm³/mol. The molecule has 0 heterocycles. The van der Waals surface area contributed by atoms with E-state index >= 15 is 0 Å². The maximum absolute atomic E-state index is 14.2. The summed E-state index contributed by atoms with van der Waals surface area (Å²) in [5, 5.41) is 8.89. The Balaban J connectivity index is 1.76. The van der Waals surface area contributed by atoms with Gasteiger partial charge in [-0.25, -0.2) is 13.6 Å². The third kappa shape index (κ3) is 4.02. The molecule has 25 heavy (non-hydrogen) atoms. The second kappa shape index (κ2) is 7.01. The molecule has 0 saturated heterocycles. The Morgan fingerprint density at radius 1 is 1.12 bits per heavy atom. The van der Waals surface area contributed by atoms with Crippen molar-refractivity contribution < 1.29 is 23.5 Å². The largest absolute Gasteiger partial charge is 0.478 e. The van der Waals surface area contributed by atoms with Gasteiger partial charge in [0, 0.05) is 12.6 Å². The topological polar surface area (TPSA) is 57.6 Å². The molecule has 0 atom stereocenters. The average Bonchev–Trinajstić information content (AvgIpc) is 3.39. The second-order valence-electron chi connectivity index (χ2n) is 6.11. The summed E-state index contributed by atoms with van der Waals surface area (Å²) in [6.45, 7) is 0.354. The van der Waals surface area contributed by atoms with Crippen LogP contribution in [0.4, 0.5) is 8.78 Å². The van der Waals surface area contributed by atoms with E-state index in [1.165, 1.54) is 24.3 Å². The highest BCUT2D eigenvalue weighted by Gasteiger charge is 2.33. The van der Waals surface area contributed by atoms with Crippen LogP contribution in [0.3, 0.4) is 0 Å². The van der Waals surface area contributed by atoms with Crippen LogP contribution in [0.5, 0.6) is 0 Å². The molecule has 1 amide bonds. The molecule has 2 aromatic carbocycles. The zero-order valence-electron chi connectivity index (χ0n) is 13.4. The SMILES string of the molecule is O=C(O)c1ccc(C(=O)N(CCc2cccc(F)c2)C2CC2)c(F)c1. The number of halogens is 2. The Morgan fingerprint density at radius 2 is 1.88 bits per heavy atom. The lowest BCUT2D eigenvalue weighted by Gasteiger charge is -2.23. The summed E-state index contributed by atoms with van der Waals surface area (Å²) in [6, 6.07) is 9.49. The molecule has 0 unspecified atom stereocenters. The van der Waals surface area contributed by atoms with Crippen LogP contribution in [0.15, 0.2) is 42.5 Å². The number of rotatable bonds is 6. The standard InChI is InChI=1S/C19H17F2NO3/c20-14-3-1-2-12(10-14)8-9-22(15-5-6-15)18(23)16-7-4-13(19(24)25)11-17(16)21/h1-4,7,10-11,15H,5-6,8-9H2,(H,24,25). The summed E-state index contributed by atoms with van der Waals surface area (Å²) in [5.74, 6) is -2.89. The molecule has 1 N–H and O–H groups in total. The van der Waals surface area contributed by atoms with Gasteiger partial charge < -0.3 is 10.0 Å². The van der Waals surface area contributed by atoms with Gasteiger partial charge in [0.25, 0.3) is 5.91 Å². The van der Waals surface area contributed by atoms with Crippen LogP contribution in [0.25, 0.3) is 0 Å². The number of carboxylic acids is 1. The summed E-state index contributed by atoms with van der Waals surface area (Å²) >= 11 is 0. The van der Waals surface area contributed by atoms with Gasteiger partial charge >= 0.3 is 5.97 Å². The first-order chi connectivity index (χ1) is 12.0. The maximum atomic E-state index is 14.2. The Kier molecular flexibility index (Phi) is 4.79. The molecule has 0 spiro atoms. The minimum Gasteiger partial charge on any atom is -0.478 e. The van der Waals surface area contributed by atoms with Crippen LogP contribution < -0.4 is 0 Å². The molecule has 1 fully saturated rings. The van der Waals surface area contributed by atoms with E-state index in [9.17, 15) is 18.4 Å². The fraction of sp³-hybridized carbons (Fsp3) is 0.263. The highest BCUT2D eigenvalue weighted by Crippen LogP contribution is 2.29. The molecule has 1 aliphatic carbocycles. The van der Waals surface area contributed by atoms with E-state index in [4.69, 9.17) is 5.11 Å². The normalized spacial score (nSPS) is 13.5. The zero-order chi connectivity index (χ0) is 18.0. The number of nitrogens with zero attached hydrogens (tertiary/aromatic N) is 1. The first kappa shape index (κ1) is 17.1. The summed E-state index contributed by atoms with van der Waals surface area (Å²) in [7, 11) is 0. The average molecular weight is 345 g/mol. The minimum absolute atomic E-state index is 0.0552. The van der Waals surface area contributed by atoms with Crippen LogP contribution >= 0.6 is 0 Å². The number of amides is 1. The van der Waals surface area contributed by atoms with Gasteiger partial charge in [0.05, 0.1) is 11.1 Å². The third-order valence-corrected chi connectivity index (χ3v) is 4.23. The van der Waals surface area contributed by atoms with Crippen molar-refractivity contribution in [1.82, 2.24) is 4.90 Å². The molecule has 130 valence electrons. The number of hydrogen-bond acceptors (Lipinski definition) is 2. The quantitative estimate of drug-likeness (QED) is 0.872. The lowest BCUT2D eigenvalue weighted by atomic mass is 10.1. The summed E-state index contributed by atoms with van der Waals surface area (Å²) < 4.78 is 27.4. The zero-order valence-corrected chi connectivity index (χ0v) is 13.4. The van der Waals surface area contributed by atoms with Crippen LogP contribution in [0, 0.1) is 11.6 Å². The van der Waals surface area contributed by atoms with Gasteiger partial charge in [0.2, 0.25) is 0 Å². The first-order valence-corrected chi connectivity index (χ1v) is 8.04. The Labute approximate surface area is 143 Å². The molecular weight excluding hydrogens is 328 g/mol. The predicted octanol–water partition coefficient (Wildman–Crippen LogP) is 3.51. The van der Waals surface area contributed by atoms with Crippen molar-refractivity contribution in [3.05, 3.63) is 70.8 Å². The molecule has 4 nitrogen and oxygen atoms in total. The third-order valence-electron chi connectivity index (χ3n) is 4.23. The van der Waals surface area contributed by atoms with Gasteiger partial charge in [0.1, 0.15) is 11.6 Å². The van der Waals surface area contributed by atoms with E-state index in [1.807, 2.05) is 0 Å². The van der Waals surface area contributed by atoms with Crippen molar-refractivity contribution in [3.8, 4) is 0 Å². The fourth-order valence-corrected chi connectivity index (χ4v) is 2.75. The van der Waals surface area contributed by atoms with E-state index in [0.717, 1.165) is 24.5 Å². The minimum atomic E-state index is -1.25. The highest BCUT2D eigenvalue weighted by atomic mass is 19.1. The summed E-state index contributed by atoms with van der Waals surface area (Å²) in [4.78, 5) is 25.1. The Hall–Kier alpha value is -2.76. The molecule has 1 aliphatic rings. The number of carboxylic acid groups (broad SMARTS) is 1. The molecule has 6 heteroatoms. The van der Waals surface area contributed by atoms with Crippen LogP contribution in [0.2, 0.25) is 0 Å². The number of hydrogen-bond donors (Lipinski definition) is 1. The van der Waals surface area contributed by atoms with E-state index < -0.39 is 17.7 Å². The van der Waals surface area contributed by atoms with Gasteiger partial charge in [0.15, 0.2) is 0 Å². The van der Waals surface area contributed by atoms with Crippen molar-refractivity contribution in [3.63, 3.8) is 0 Å². The molecule has 1 saturated carbocycles.